The van der Waals surface area contributed by atoms with E-state index in [1.54, 1.807) is 6.08 Å². The van der Waals surface area contributed by atoms with Crippen LogP contribution in [0.5, 0.6) is 0 Å². The maximum Gasteiger partial charge on any atom is 0.220 e. The highest BCUT2D eigenvalue weighted by atomic mass is 16.7. The van der Waals surface area contributed by atoms with E-state index in [2.05, 4.69) is 67.8 Å². The van der Waals surface area contributed by atoms with E-state index in [0.717, 1.165) is 51.4 Å². The van der Waals surface area contributed by atoms with E-state index in [1.165, 1.54) is 148 Å². The summed E-state index contributed by atoms with van der Waals surface area (Å²) in [7, 11) is 0. The van der Waals surface area contributed by atoms with Gasteiger partial charge in [-0.3, -0.25) is 4.79 Å². The van der Waals surface area contributed by atoms with Gasteiger partial charge in [0.05, 0.1) is 25.4 Å². The molecule has 0 radical (unpaired) electrons. The lowest BCUT2D eigenvalue weighted by Gasteiger charge is -2.40. The fourth-order valence-corrected chi connectivity index (χ4v) is 7.88. The van der Waals surface area contributed by atoms with E-state index in [0.29, 0.717) is 6.42 Å². The van der Waals surface area contributed by atoms with Gasteiger partial charge in [0.2, 0.25) is 5.91 Å². The van der Waals surface area contributed by atoms with E-state index in [9.17, 15) is 30.3 Å². The topological polar surface area (TPSA) is 149 Å². The molecule has 0 bridgehead atoms. The van der Waals surface area contributed by atoms with Crippen molar-refractivity contribution < 1.29 is 39.8 Å². The summed E-state index contributed by atoms with van der Waals surface area (Å²) in [5, 5.41) is 54.2. The highest BCUT2D eigenvalue weighted by molar-refractivity contribution is 5.76. The number of aliphatic hydroxyl groups is 5. The number of carbonyl (C=O) groups is 1. The maximum atomic E-state index is 13.0. The first-order valence-electron chi connectivity index (χ1n) is 26.0. The van der Waals surface area contributed by atoms with Crippen LogP contribution < -0.4 is 5.32 Å². The predicted octanol–water partition coefficient (Wildman–Crippen LogP) is 12.0. The van der Waals surface area contributed by atoms with Crippen LogP contribution in [0.4, 0.5) is 0 Å². The van der Waals surface area contributed by atoms with Crippen LogP contribution in [0.2, 0.25) is 0 Å². The first-order chi connectivity index (χ1) is 30.8. The number of allylic oxidation sites excluding steroid dienone is 9. The zero-order valence-electron chi connectivity index (χ0n) is 40.3. The van der Waals surface area contributed by atoms with E-state index >= 15 is 0 Å². The Bertz CT molecular complexity index is 1170. The van der Waals surface area contributed by atoms with Crippen LogP contribution in [-0.4, -0.2) is 87.5 Å². The molecular weight excluding hydrogens is 791 g/mol. The van der Waals surface area contributed by atoms with Crippen LogP contribution >= 0.6 is 0 Å². The lowest BCUT2D eigenvalue weighted by Crippen LogP contribution is -2.60. The molecule has 366 valence electrons. The minimum atomic E-state index is -1.57. The highest BCUT2D eigenvalue weighted by Gasteiger charge is 2.44. The van der Waals surface area contributed by atoms with E-state index in [4.69, 9.17) is 9.47 Å². The van der Waals surface area contributed by atoms with Crippen molar-refractivity contribution in [2.75, 3.05) is 13.2 Å². The van der Waals surface area contributed by atoms with Gasteiger partial charge in [-0.25, -0.2) is 0 Å². The van der Waals surface area contributed by atoms with Crippen LogP contribution in [-0.2, 0) is 14.3 Å². The Morgan fingerprint density at radius 3 is 1.44 bits per heavy atom. The Morgan fingerprint density at radius 1 is 0.540 bits per heavy atom. The Morgan fingerprint density at radius 2 is 0.952 bits per heavy atom. The van der Waals surface area contributed by atoms with Gasteiger partial charge in [-0.2, -0.15) is 0 Å². The molecule has 1 aliphatic heterocycles. The quantitative estimate of drug-likeness (QED) is 0.0262. The number of rotatable bonds is 43. The predicted molar refractivity (Wildman–Crippen MR) is 262 cm³/mol. The molecule has 9 heteroatoms. The molecule has 0 aromatic rings. The van der Waals surface area contributed by atoms with Gasteiger partial charge in [-0.15, -0.1) is 0 Å². The number of unbranched alkanes of at least 4 members (excludes halogenated alkanes) is 25. The standard InChI is InChI=1S/C54H97NO8/c1-3-5-7-9-11-13-15-17-18-19-20-21-22-23-24-25-26-27-28-29-30-32-34-36-38-40-42-44-50(58)55-47(46-62-54-53(61)52(60)51(59)49(45-56)63-54)48(57)43-41-39-37-35-33-31-16-14-12-10-8-6-4-2/h15,17,19-20,22-23,33,35,41,43,47-49,51-54,56-57,59-61H,3-14,16,18,21,24-32,34,36-40,42,44-46H2,1-2H3,(H,55,58)/b17-15-,20-19-,23-22-,35-33+,43-41+. The number of carbonyl (C=O) groups excluding carboxylic acids is 1. The average Bonchev–Trinajstić information content (AvgIpc) is 3.28. The summed E-state index contributed by atoms with van der Waals surface area (Å²) in [4.78, 5) is 13.0. The SMILES string of the molecule is CCCCCCC/C=C\C/C=C\C/C=C\CCCCCCCCCCCCCCC(=O)NC(COC1OC(CO)C(O)C(O)C1O)C(O)/C=C/CC/C=C/CCCCCCCCC. The van der Waals surface area contributed by atoms with Gasteiger partial charge in [0.25, 0.3) is 0 Å². The first kappa shape index (κ1) is 58.9. The van der Waals surface area contributed by atoms with Crippen molar-refractivity contribution in [1.82, 2.24) is 5.32 Å². The number of hydrogen-bond acceptors (Lipinski definition) is 8. The van der Waals surface area contributed by atoms with Crippen LogP contribution in [0.25, 0.3) is 0 Å². The van der Waals surface area contributed by atoms with Crippen LogP contribution in [0.1, 0.15) is 219 Å². The summed E-state index contributed by atoms with van der Waals surface area (Å²) < 4.78 is 11.2. The molecule has 1 rings (SSSR count). The summed E-state index contributed by atoms with van der Waals surface area (Å²) in [6.45, 7) is 3.73. The second kappa shape index (κ2) is 43.8. The van der Waals surface area contributed by atoms with Crippen molar-refractivity contribution in [1.29, 1.82) is 0 Å². The third kappa shape index (κ3) is 33.9. The number of nitrogens with one attached hydrogen (secondary N) is 1. The Labute approximate surface area is 386 Å². The molecule has 0 aromatic carbocycles. The van der Waals surface area contributed by atoms with Crippen molar-refractivity contribution in [2.24, 2.45) is 0 Å². The van der Waals surface area contributed by atoms with Gasteiger partial charge >= 0.3 is 0 Å². The molecule has 0 spiro atoms. The zero-order chi connectivity index (χ0) is 45.9. The van der Waals surface area contributed by atoms with Gasteiger partial charge in [-0.1, -0.05) is 203 Å². The van der Waals surface area contributed by atoms with Gasteiger partial charge < -0.3 is 40.3 Å². The molecule has 1 saturated heterocycles. The number of amides is 1. The van der Waals surface area contributed by atoms with Crippen molar-refractivity contribution >= 4 is 5.91 Å². The van der Waals surface area contributed by atoms with Gasteiger partial charge in [-0.05, 0) is 70.6 Å². The van der Waals surface area contributed by atoms with Gasteiger partial charge in [0.15, 0.2) is 6.29 Å². The second-order valence-corrected chi connectivity index (χ2v) is 18.0. The minimum Gasteiger partial charge on any atom is -0.394 e. The van der Waals surface area contributed by atoms with Crippen LogP contribution in [0.15, 0.2) is 60.8 Å². The molecule has 9 nitrogen and oxygen atoms in total. The molecule has 1 amide bonds. The highest BCUT2D eigenvalue weighted by Crippen LogP contribution is 2.23. The molecule has 63 heavy (non-hydrogen) atoms. The van der Waals surface area contributed by atoms with Gasteiger partial charge in [0.1, 0.15) is 24.4 Å². The Balaban J connectivity index is 2.24. The normalized spacial score (nSPS) is 20.7. The average molecular weight is 888 g/mol. The van der Waals surface area contributed by atoms with Gasteiger partial charge in [0, 0.05) is 6.42 Å². The Hall–Kier alpha value is -2.11. The summed E-state index contributed by atoms with van der Waals surface area (Å²) in [6, 6.07) is -0.824. The summed E-state index contributed by atoms with van der Waals surface area (Å²) in [5.41, 5.74) is 0. The van der Waals surface area contributed by atoms with Crippen molar-refractivity contribution in [2.45, 2.75) is 262 Å². The third-order valence-electron chi connectivity index (χ3n) is 12.1. The summed E-state index contributed by atoms with van der Waals surface area (Å²) >= 11 is 0. The molecule has 1 fully saturated rings. The minimum absolute atomic E-state index is 0.191. The molecule has 7 atom stereocenters. The van der Waals surface area contributed by atoms with Crippen molar-refractivity contribution in [3.63, 3.8) is 0 Å². The lowest BCUT2D eigenvalue weighted by molar-refractivity contribution is -0.302. The number of aliphatic hydroxyl groups excluding tert-OH is 5. The fourth-order valence-electron chi connectivity index (χ4n) is 7.88. The van der Waals surface area contributed by atoms with E-state index in [1.807, 2.05) is 6.08 Å². The molecule has 0 saturated carbocycles. The zero-order valence-corrected chi connectivity index (χ0v) is 40.3. The maximum absolute atomic E-state index is 13.0. The van der Waals surface area contributed by atoms with Crippen LogP contribution in [0.3, 0.4) is 0 Å². The smallest absolute Gasteiger partial charge is 0.220 e. The van der Waals surface area contributed by atoms with E-state index in [-0.39, 0.29) is 12.5 Å². The first-order valence-corrected chi connectivity index (χ1v) is 26.0. The molecule has 0 aliphatic carbocycles. The molecule has 6 N–H and O–H groups in total. The number of ether oxygens (including phenoxy) is 2. The molecule has 7 unspecified atom stereocenters. The van der Waals surface area contributed by atoms with Crippen LogP contribution in [0, 0.1) is 0 Å². The summed E-state index contributed by atoms with van der Waals surface area (Å²) in [5.74, 6) is -0.191. The molecule has 0 aromatic heterocycles. The largest absolute Gasteiger partial charge is 0.394 e. The fraction of sp³-hybridized carbons (Fsp3) is 0.796. The lowest BCUT2D eigenvalue weighted by atomic mass is 9.99. The summed E-state index contributed by atoms with van der Waals surface area (Å²) in [6.07, 6.45) is 51.3. The third-order valence-corrected chi connectivity index (χ3v) is 12.1. The number of hydrogen-bond donors (Lipinski definition) is 6. The Kier molecular flexibility index (Phi) is 40.9. The van der Waals surface area contributed by atoms with Crippen molar-refractivity contribution in [3.05, 3.63) is 60.8 Å². The van der Waals surface area contributed by atoms with Crippen molar-refractivity contribution in [3.8, 4) is 0 Å². The molecular formula is C54H97NO8. The monoisotopic (exact) mass is 888 g/mol. The molecule has 1 heterocycles. The van der Waals surface area contributed by atoms with E-state index < -0.39 is 49.5 Å². The second-order valence-electron chi connectivity index (χ2n) is 18.0. The molecule has 1 aliphatic rings.